The van der Waals surface area contributed by atoms with Crippen LogP contribution in [0.3, 0.4) is 0 Å². The van der Waals surface area contributed by atoms with Gasteiger partial charge >= 0.3 is 0 Å². The molecule has 0 spiro atoms. The predicted octanol–water partition coefficient (Wildman–Crippen LogP) is 2.50. The Morgan fingerprint density at radius 2 is 2.12 bits per heavy atom. The van der Waals surface area contributed by atoms with E-state index in [2.05, 4.69) is 20.5 Å². The maximum atomic E-state index is 12.7. The Hall–Kier alpha value is -3.35. The van der Waals surface area contributed by atoms with Gasteiger partial charge < -0.3 is 15.2 Å². The largest absolute Gasteiger partial charge is 0.357 e. The van der Waals surface area contributed by atoms with Crippen molar-refractivity contribution in [1.29, 1.82) is 0 Å². The molecule has 26 heavy (non-hydrogen) atoms. The second-order valence-corrected chi connectivity index (χ2v) is 6.41. The van der Waals surface area contributed by atoms with Crippen LogP contribution in [0.5, 0.6) is 0 Å². The minimum Gasteiger partial charge on any atom is -0.357 e. The number of rotatable bonds is 3. The van der Waals surface area contributed by atoms with Gasteiger partial charge in [-0.15, -0.1) is 0 Å². The van der Waals surface area contributed by atoms with Crippen molar-refractivity contribution < 1.29 is 9.59 Å². The zero-order valence-electron chi connectivity index (χ0n) is 14.4. The fourth-order valence-corrected chi connectivity index (χ4v) is 3.20. The highest BCUT2D eigenvalue weighted by atomic mass is 16.2. The molecule has 7 nitrogen and oxygen atoms in total. The highest BCUT2D eigenvalue weighted by Gasteiger charge is 2.28. The van der Waals surface area contributed by atoms with Gasteiger partial charge in [-0.2, -0.15) is 5.10 Å². The maximum Gasteiger partial charge on any atom is 0.276 e. The number of amides is 2. The molecule has 0 unspecified atom stereocenters. The molecular formula is C19H19N5O2. The number of aromatic nitrogens is 3. The van der Waals surface area contributed by atoms with Crippen molar-refractivity contribution in [2.45, 2.75) is 19.9 Å². The number of carbonyl (C=O) groups excluding carboxylic acids is 2. The van der Waals surface area contributed by atoms with Crippen molar-refractivity contribution in [2.24, 2.45) is 0 Å². The monoisotopic (exact) mass is 349 g/mol. The number of benzene rings is 1. The molecule has 1 aromatic carbocycles. The fourth-order valence-electron chi connectivity index (χ4n) is 3.20. The molecule has 0 aliphatic carbocycles. The van der Waals surface area contributed by atoms with Gasteiger partial charge in [-0.3, -0.25) is 14.7 Å². The van der Waals surface area contributed by atoms with E-state index in [1.54, 1.807) is 23.2 Å². The number of fused-ring (bicyclic) bond motifs is 1. The Labute approximate surface area is 150 Å². The minimum atomic E-state index is -0.276. The van der Waals surface area contributed by atoms with E-state index in [1.807, 2.05) is 31.2 Å². The molecule has 0 fully saturated rings. The SMILES string of the molecule is Cc1cccc(NC(=O)c2n[nH]c3c2CN(C(=O)c2ccc[nH]2)CC3)c1. The van der Waals surface area contributed by atoms with E-state index in [0.29, 0.717) is 30.9 Å². The number of anilines is 1. The Morgan fingerprint density at radius 1 is 1.23 bits per heavy atom. The van der Waals surface area contributed by atoms with Gasteiger partial charge in [-0.1, -0.05) is 12.1 Å². The number of nitrogens with one attached hydrogen (secondary N) is 3. The van der Waals surface area contributed by atoms with E-state index in [-0.39, 0.29) is 11.8 Å². The van der Waals surface area contributed by atoms with Crippen molar-refractivity contribution in [2.75, 3.05) is 11.9 Å². The quantitative estimate of drug-likeness (QED) is 0.678. The summed E-state index contributed by atoms with van der Waals surface area (Å²) in [6.45, 7) is 2.92. The molecule has 0 saturated carbocycles. The van der Waals surface area contributed by atoms with E-state index in [1.165, 1.54) is 0 Å². The first-order valence-corrected chi connectivity index (χ1v) is 8.48. The number of aromatic amines is 2. The number of aryl methyl sites for hydroxylation is 1. The Balaban J connectivity index is 1.55. The smallest absolute Gasteiger partial charge is 0.276 e. The average molecular weight is 349 g/mol. The number of nitrogens with zero attached hydrogens (tertiary/aromatic N) is 2. The molecule has 7 heteroatoms. The lowest BCUT2D eigenvalue weighted by molar-refractivity contribution is 0.0727. The van der Waals surface area contributed by atoms with Gasteiger partial charge in [0.25, 0.3) is 11.8 Å². The highest BCUT2D eigenvalue weighted by Crippen LogP contribution is 2.22. The van der Waals surface area contributed by atoms with Crippen molar-refractivity contribution in [1.82, 2.24) is 20.1 Å². The van der Waals surface area contributed by atoms with E-state index in [9.17, 15) is 9.59 Å². The lowest BCUT2D eigenvalue weighted by atomic mass is 10.0. The van der Waals surface area contributed by atoms with E-state index >= 15 is 0 Å². The summed E-state index contributed by atoms with van der Waals surface area (Å²) in [7, 11) is 0. The highest BCUT2D eigenvalue weighted by molar-refractivity contribution is 6.04. The topological polar surface area (TPSA) is 93.9 Å². The van der Waals surface area contributed by atoms with Gasteiger partial charge in [0.2, 0.25) is 0 Å². The van der Waals surface area contributed by atoms with Gasteiger partial charge in [0.1, 0.15) is 5.69 Å². The van der Waals surface area contributed by atoms with Gasteiger partial charge in [0.05, 0.1) is 6.54 Å². The number of H-pyrrole nitrogens is 2. The third-order valence-corrected chi connectivity index (χ3v) is 4.54. The number of carbonyl (C=O) groups is 2. The molecule has 3 aromatic rings. The maximum absolute atomic E-state index is 12.7. The van der Waals surface area contributed by atoms with Crippen LogP contribution in [0.4, 0.5) is 5.69 Å². The van der Waals surface area contributed by atoms with E-state index in [0.717, 1.165) is 22.5 Å². The van der Waals surface area contributed by atoms with Crippen LogP contribution in [0.15, 0.2) is 42.6 Å². The zero-order chi connectivity index (χ0) is 18.1. The van der Waals surface area contributed by atoms with Crippen LogP contribution < -0.4 is 5.32 Å². The molecule has 1 aliphatic heterocycles. The number of hydrogen-bond acceptors (Lipinski definition) is 3. The summed E-state index contributed by atoms with van der Waals surface area (Å²) in [4.78, 5) is 29.9. The molecular weight excluding hydrogens is 330 g/mol. The second-order valence-electron chi connectivity index (χ2n) is 6.41. The predicted molar refractivity (Wildman–Crippen MR) is 97.0 cm³/mol. The molecule has 3 heterocycles. The molecule has 0 bridgehead atoms. The second kappa shape index (κ2) is 6.51. The molecule has 1 aliphatic rings. The standard InChI is InChI=1S/C19H19N5O2/c1-12-4-2-5-13(10-12)21-18(25)17-14-11-24(9-7-15(14)22-23-17)19(26)16-6-3-8-20-16/h2-6,8,10,20H,7,9,11H2,1H3,(H,21,25)(H,22,23). The van der Waals surface area contributed by atoms with Crippen molar-refractivity contribution in [3.05, 3.63) is 70.8 Å². The first-order valence-electron chi connectivity index (χ1n) is 8.48. The summed E-state index contributed by atoms with van der Waals surface area (Å²) in [6.07, 6.45) is 2.37. The van der Waals surface area contributed by atoms with Crippen molar-refractivity contribution in [3.8, 4) is 0 Å². The molecule has 0 saturated heterocycles. The summed E-state index contributed by atoms with van der Waals surface area (Å²) in [5.74, 6) is -0.353. The van der Waals surface area contributed by atoms with Crippen LogP contribution in [-0.2, 0) is 13.0 Å². The van der Waals surface area contributed by atoms with Crippen LogP contribution in [0.2, 0.25) is 0 Å². The van der Waals surface area contributed by atoms with E-state index in [4.69, 9.17) is 0 Å². The summed E-state index contributed by atoms with van der Waals surface area (Å²) in [5, 5.41) is 10.0. The Morgan fingerprint density at radius 3 is 2.88 bits per heavy atom. The van der Waals surface area contributed by atoms with Crippen molar-refractivity contribution in [3.63, 3.8) is 0 Å². The van der Waals surface area contributed by atoms with Gasteiger partial charge in [-0.25, -0.2) is 0 Å². The number of hydrogen-bond donors (Lipinski definition) is 3. The lowest BCUT2D eigenvalue weighted by Gasteiger charge is -2.26. The Kier molecular flexibility index (Phi) is 4.04. The van der Waals surface area contributed by atoms with Crippen LogP contribution in [0.25, 0.3) is 0 Å². The van der Waals surface area contributed by atoms with E-state index < -0.39 is 0 Å². The first kappa shape index (κ1) is 16.1. The molecule has 2 aromatic heterocycles. The van der Waals surface area contributed by atoms with Crippen LogP contribution in [0, 0.1) is 6.92 Å². The summed E-state index contributed by atoms with van der Waals surface area (Å²) in [6, 6.07) is 11.1. The normalized spacial score (nSPS) is 13.3. The molecule has 132 valence electrons. The first-order chi connectivity index (χ1) is 12.6. The molecule has 4 rings (SSSR count). The third kappa shape index (κ3) is 2.99. The van der Waals surface area contributed by atoms with Crippen molar-refractivity contribution >= 4 is 17.5 Å². The average Bonchev–Trinajstić information content (AvgIpc) is 3.30. The molecule has 3 N–H and O–H groups in total. The third-order valence-electron chi connectivity index (χ3n) is 4.54. The van der Waals surface area contributed by atoms with Crippen LogP contribution in [0.1, 0.15) is 37.8 Å². The molecule has 0 atom stereocenters. The minimum absolute atomic E-state index is 0.0770. The van der Waals surface area contributed by atoms with Crippen LogP contribution >= 0.6 is 0 Å². The van der Waals surface area contributed by atoms with Gasteiger partial charge in [0, 0.05) is 36.1 Å². The fraction of sp³-hybridized carbons (Fsp3) is 0.211. The van der Waals surface area contributed by atoms with Gasteiger partial charge in [-0.05, 0) is 36.8 Å². The summed E-state index contributed by atoms with van der Waals surface area (Å²) < 4.78 is 0. The summed E-state index contributed by atoms with van der Waals surface area (Å²) >= 11 is 0. The van der Waals surface area contributed by atoms with Gasteiger partial charge in [0.15, 0.2) is 5.69 Å². The Bertz CT molecular complexity index is 958. The molecule has 2 amide bonds. The lowest BCUT2D eigenvalue weighted by Crippen LogP contribution is -2.36. The van der Waals surface area contributed by atoms with Crippen LogP contribution in [-0.4, -0.2) is 38.4 Å². The summed E-state index contributed by atoms with van der Waals surface area (Å²) in [5.41, 5.74) is 4.36. The molecule has 0 radical (unpaired) electrons. The zero-order valence-corrected chi connectivity index (χ0v) is 14.4.